The van der Waals surface area contributed by atoms with Crippen molar-refractivity contribution in [2.45, 2.75) is 6.18 Å². The lowest BCUT2D eigenvalue weighted by molar-refractivity contribution is -0.123. The fourth-order valence-electron chi connectivity index (χ4n) is 0.176. The maximum Gasteiger partial charge on any atom is 0.405 e. The molecule has 0 unspecified atom stereocenters. The van der Waals surface area contributed by atoms with Gasteiger partial charge in [0, 0.05) is 0 Å². The van der Waals surface area contributed by atoms with E-state index in [1.54, 1.807) is 0 Å². The Kier molecular flexibility index (Phi) is 2.29. The summed E-state index contributed by atoms with van der Waals surface area (Å²) in [4.78, 5) is 9.43. The predicted octanol–water partition coefficient (Wildman–Crippen LogP) is 0.816. The van der Waals surface area contributed by atoms with Crippen molar-refractivity contribution in [3.63, 3.8) is 0 Å². The summed E-state index contributed by atoms with van der Waals surface area (Å²) >= 11 is 0. The quantitative estimate of drug-likeness (QED) is 0.570. The topological polar surface area (TPSA) is 49.3 Å². The molecule has 0 aromatic rings. The van der Waals surface area contributed by atoms with Crippen molar-refractivity contribution in [1.29, 1.82) is 0 Å². The van der Waals surface area contributed by atoms with Gasteiger partial charge in [-0.05, 0) is 0 Å². The lowest BCUT2D eigenvalue weighted by atomic mass is 10.6. The molecule has 0 bridgehead atoms. The third-order valence-electron chi connectivity index (χ3n) is 0.440. The number of alkyl halides is 3. The molecule has 1 amide bonds. The van der Waals surface area contributed by atoms with Crippen molar-refractivity contribution in [3.8, 4) is 0 Å². The number of rotatable bonds is 1. The Balaban J connectivity index is 3.39. The molecule has 2 N–H and O–H groups in total. The molecule has 6 heteroatoms. The molecule has 0 saturated carbocycles. The van der Waals surface area contributed by atoms with Gasteiger partial charge in [-0.1, -0.05) is 0 Å². The highest BCUT2D eigenvalue weighted by Gasteiger charge is 2.27. The molecule has 0 saturated heterocycles. The van der Waals surface area contributed by atoms with Gasteiger partial charge in [-0.25, -0.2) is 4.79 Å². The van der Waals surface area contributed by atoms with Crippen LogP contribution in [0.4, 0.5) is 18.0 Å². The van der Waals surface area contributed by atoms with Crippen molar-refractivity contribution in [2.24, 2.45) is 0 Å². The van der Waals surface area contributed by atoms with Gasteiger partial charge in [0.1, 0.15) is 6.54 Å². The Hall–Kier alpha value is -0.940. The molecule has 0 spiro atoms. The third kappa shape index (κ3) is 7.06. The van der Waals surface area contributed by atoms with E-state index in [2.05, 4.69) is 0 Å². The maximum atomic E-state index is 11.1. The van der Waals surface area contributed by atoms with Crippen molar-refractivity contribution in [3.05, 3.63) is 0 Å². The summed E-state index contributed by atoms with van der Waals surface area (Å²) in [5.74, 6) is 0. The number of nitrogens with one attached hydrogen (secondary N) is 1. The molecule has 3 nitrogen and oxygen atoms in total. The minimum atomic E-state index is -4.46. The smallest absolute Gasteiger partial charge is 0.405 e. The van der Waals surface area contributed by atoms with Crippen LogP contribution in [0.3, 0.4) is 0 Å². The first kappa shape index (κ1) is 8.06. The van der Waals surface area contributed by atoms with Crippen LogP contribution in [-0.4, -0.2) is 23.9 Å². The van der Waals surface area contributed by atoms with E-state index in [1.165, 1.54) is 5.32 Å². The first-order valence-corrected chi connectivity index (χ1v) is 1.95. The summed E-state index contributed by atoms with van der Waals surface area (Å²) < 4.78 is 33.3. The zero-order valence-corrected chi connectivity index (χ0v) is 4.20. The Bertz CT molecular complexity index is 110. The molecule has 0 atom stereocenters. The highest BCUT2D eigenvalue weighted by molar-refractivity contribution is 5.64. The van der Waals surface area contributed by atoms with Crippen LogP contribution in [0.25, 0.3) is 0 Å². The molecular formula is C3H4F3NO2. The van der Waals surface area contributed by atoms with Crippen LogP contribution >= 0.6 is 0 Å². The fourth-order valence-corrected chi connectivity index (χ4v) is 0.176. The molecule has 0 aliphatic carbocycles. The molecule has 0 rings (SSSR count). The zero-order valence-electron chi connectivity index (χ0n) is 4.20. The number of halogens is 3. The molecule has 0 aliphatic rings. The standard InChI is InChI=1S/C3H4F3NO2/c4-3(5,6)1-7-2(8)9/h7H,1H2,(H,8,9). The first-order chi connectivity index (χ1) is 3.92. The van der Waals surface area contributed by atoms with Crippen LogP contribution in [0, 0.1) is 0 Å². The number of hydrogen-bond donors (Lipinski definition) is 2. The van der Waals surface area contributed by atoms with Gasteiger partial charge in [0.05, 0.1) is 0 Å². The average molecular weight is 143 g/mol. The second-order valence-corrected chi connectivity index (χ2v) is 1.27. The van der Waals surface area contributed by atoms with E-state index in [9.17, 15) is 18.0 Å². The highest BCUT2D eigenvalue weighted by atomic mass is 19.4. The van der Waals surface area contributed by atoms with Crippen molar-refractivity contribution in [2.75, 3.05) is 6.54 Å². The van der Waals surface area contributed by atoms with Crippen LogP contribution in [-0.2, 0) is 0 Å². The Morgan fingerprint density at radius 1 is 1.56 bits per heavy atom. The van der Waals surface area contributed by atoms with Gasteiger partial charge >= 0.3 is 12.3 Å². The van der Waals surface area contributed by atoms with E-state index >= 15 is 0 Å². The minimum Gasteiger partial charge on any atom is -0.465 e. The van der Waals surface area contributed by atoms with Crippen LogP contribution in [0.5, 0.6) is 0 Å². The van der Waals surface area contributed by atoms with Crippen molar-refractivity contribution < 1.29 is 23.1 Å². The van der Waals surface area contributed by atoms with Gasteiger partial charge in [0.25, 0.3) is 0 Å². The normalized spacial score (nSPS) is 11.0. The van der Waals surface area contributed by atoms with E-state index in [-0.39, 0.29) is 0 Å². The monoisotopic (exact) mass is 143 g/mol. The van der Waals surface area contributed by atoms with Gasteiger partial charge in [-0.2, -0.15) is 13.2 Å². The van der Waals surface area contributed by atoms with Crippen molar-refractivity contribution >= 4 is 6.09 Å². The van der Waals surface area contributed by atoms with E-state index in [1.807, 2.05) is 0 Å². The molecule has 0 aromatic heterocycles. The SMILES string of the molecule is O=C(O)NCC(F)(F)F. The Morgan fingerprint density at radius 2 is 2.00 bits per heavy atom. The number of amides is 1. The van der Waals surface area contributed by atoms with Gasteiger partial charge in [0.2, 0.25) is 0 Å². The van der Waals surface area contributed by atoms with Crippen LogP contribution in [0.1, 0.15) is 0 Å². The van der Waals surface area contributed by atoms with Crippen molar-refractivity contribution in [1.82, 2.24) is 5.32 Å². The number of carboxylic acid groups (broad SMARTS) is 1. The molecule has 0 radical (unpaired) electrons. The third-order valence-corrected chi connectivity index (χ3v) is 0.440. The molecule has 0 aromatic carbocycles. The van der Waals surface area contributed by atoms with E-state index in [4.69, 9.17) is 5.11 Å². The van der Waals surface area contributed by atoms with Crippen LogP contribution in [0.15, 0.2) is 0 Å². The number of carbonyl (C=O) groups is 1. The molecule has 9 heavy (non-hydrogen) atoms. The lowest BCUT2D eigenvalue weighted by Gasteiger charge is -2.03. The minimum absolute atomic E-state index is 1.18. The van der Waals surface area contributed by atoms with Gasteiger partial charge in [-0.15, -0.1) is 0 Å². The largest absolute Gasteiger partial charge is 0.465 e. The highest BCUT2D eigenvalue weighted by Crippen LogP contribution is 2.11. The zero-order chi connectivity index (χ0) is 7.49. The second kappa shape index (κ2) is 2.56. The van der Waals surface area contributed by atoms with E-state index in [0.717, 1.165) is 0 Å². The first-order valence-electron chi connectivity index (χ1n) is 1.95. The maximum absolute atomic E-state index is 11.1. The predicted molar refractivity (Wildman–Crippen MR) is 22.1 cm³/mol. The molecule has 0 heterocycles. The Labute approximate surface area is 48.5 Å². The van der Waals surface area contributed by atoms with Crippen LogP contribution in [0.2, 0.25) is 0 Å². The average Bonchev–Trinajstić information content (AvgIpc) is 1.59. The summed E-state index contributed by atoms with van der Waals surface area (Å²) in [6, 6.07) is 0. The lowest BCUT2D eigenvalue weighted by Crippen LogP contribution is -2.32. The summed E-state index contributed by atoms with van der Waals surface area (Å²) in [5.41, 5.74) is 0. The van der Waals surface area contributed by atoms with Gasteiger partial charge < -0.3 is 10.4 Å². The van der Waals surface area contributed by atoms with Gasteiger partial charge in [0.15, 0.2) is 0 Å². The summed E-state index contributed by atoms with van der Waals surface area (Å²) in [5, 5.41) is 8.84. The summed E-state index contributed by atoms with van der Waals surface area (Å²) in [7, 11) is 0. The molecule has 0 aliphatic heterocycles. The Morgan fingerprint density at radius 3 is 2.11 bits per heavy atom. The number of hydrogen-bond acceptors (Lipinski definition) is 1. The van der Waals surface area contributed by atoms with E-state index < -0.39 is 18.8 Å². The summed E-state index contributed by atoms with van der Waals surface area (Å²) in [6.45, 7) is -1.50. The summed E-state index contributed by atoms with van der Waals surface area (Å²) in [6.07, 6.45) is -6.13. The molecule has 0 fully saturated rings. The second-order valence-electron chi connectivity index (χ2n) is 1.27. The molecular weight excluding hydrogens is 139 g/mol. The molecule has 54 valence electrons. The fraction of sp³-hybridized carbons (Fsp3) is 0.667. The van der Waals surface area contributed by atoms with E-state index in [0.29, 0.717) is 0 Å². The van der Waals surface area contributed by atoms with Crippen LogP contribution < -0.4 is 5.32 Å². The van der Waals surface area contributed by atoms with Gasteiger partial charge in [-0.3, -0.25) is 0 Å².